The number of carbonyl (C=O) groups is 1. The molecule has 13 heteroatoms. The minimum atomic E-state index is -4.39. The Morgan fingerprint density at radius 3 is 2.38 bits per heavy atom. The largest absolute Gasteiger partial charge is 0.480 e. The zero-order chi connectivity index (χ0) is 28.7. The molecule has 9 nitrogen and oxygen atoms in total. The molecule has 39 heavy (non-hydrogen) atoms. The molecule has 2 aromatic heterocycles. The highest BCUT2D eigenvalue weighted by atomic mass is 32.2. The van der Waals surface area contributed by atoms with Crippen molar-refractivity contribution in [3.63, 3.8) is 0 Å². The van der Waals surface area contributed by atoms with E-state index in [9.17, 15) is 26.4 Å². The van der Waals surface area contributed by atoms with Gasteiger partial charge in [0.2, 0.25) is 9.84 Å². The van der Waals surface area contributed by atoms with E-state index < -0.39 is 39.9 Å². The number of aromatic nitrogens is 2. The second-order valence-electron chi connectivity index (χ2n) is 8.95. The van der Waals surface area contributed by atoms with Crippen molar-refractivity contribution in [1.82, 2.24) is 9.97 Å². The average molecular weight is 566 g/mol. The van der Waals surface area contributed by atoms with Gasteiger partial charge in [-0.1, -0.05) is 37.6 Å². The number of unbranched alkanes of at least 4 members (excludes halogenated alkanes) is 1. The highest BCUT2D eigenvalue weighted by Gasteiger charge is 2.45. The first kappa shape index (κ1) is 29.8. The van der Waals surface area contributed by atoms with Crippen molar-refractivity contribution < 1.29 is 31.5 Å². The van der Waals surface area contributed by atoms with E-state index in [4.69, 9.17) is 10.8 Å². The van der Waals surface area contributed by atoms with Gasteiger partial charge in [0, 0.05) is 24.8 Å². The van der Waals surface area contributed by atoms with E-state index in [0.717, 1.165) is 6.42 Å². The van der Waals surface area contributed by atoms with E-state index in [1.165, 1.54) is 65.7 Å². The lowest BCUT2D eigenvalue weighted by atomic mass is 10.0. The maximum Gasteiger partial charge on any atom is 0.405 e. The summed E-state index contributed by atoms with van der Waals surface area (Å²) in [5.41, 5.74) is 7.36. The third kappa shape index (κ3) is 7.67. The average Bonchev–Trinajstić information content (AvgIpc) is 2.90. The Balaban J connectivity index is 2.02. The summed E-state index contributed by atoms with van der Waals surface area (Å²) in [7, 11) is -4.36. The van der Waals surface area contributed by atoms with Gasteiger partial charge < -0.3 is 21.1 Å². The molecule has 3 rings (SSSR count). The molecule has 2 heterocycles. The van der Waals surface area contributed by atoms with E-state index >= 15 is 0 Å². The molecule has 3 aromatic rings. The van der Waals surface area contributed by atoms with Gasteiger partial charge in [0.05, 0.1) is 5.69 Å². The fourth-order valence-corrected chi connectivity index (χ4v) is 5.52. The van der Waals surface area contributed by atoms with Crippen LogP contribution in [0.5, 0.6) is 0 Å². The standard InChI is InChI=1S/C26H30F3N5O4S/c1-2-3-15-34(18-26(27,28)29)20-12-10-19(11-13-20)16-25(30,39(37,38)23-9-4-5-14-31-23)21-7-6-8-22(33-21)32-17-24(35)36/h4-14H,2-3,15-18,30H2,1H3,(H,32,33)(H,35,36). The van der Waals surface area contributed by atoms with Crippen LogP contribution in [0.1, 0.15) is 31.0 Å². The Morgan fingerprint density at radius 1 is 1.08 bits per heavy atom. The van der Waals surface area contributed by atoms with Gasteiger partial charge in [-0.3, -0.25) is 4.79 Å². The Morgan fingerprint density at radius 2 is 1.79 bits per heavy atom. The number of carboxylic acids is 1. The van der Waals surface area contributed by atoms with Crippen LogP contribution >= 0.6 is 0 Å². The number of nitrogens with one attached hydrogen (secondary N) is 1. The molecule has 0 aliphatic rings. The quantitative estimate of drug-likeness (QED) is 0.281. The number of alkyl halides is 3. The van der Waals surface area contributed by atoms with Crippen LogP contribution in [-0.4, -0.2) is 55.3 Å². The second-order valence-corrected chi connectivity index (χ2v) is 11.1. The van der Waals surface area contributed by atoms with E-state index in [0.29, 0.717) is 17.7 Å². The molecular weight excluding hydrogens is 535 g/mol. The molecule has 4 N–H and O–H groups in total. The van der Waals surface area contributed by atoms with Gasteiger partial charge in [-0.15, -0.1) is 0 Å². The maximum absolute atomic E-state index is 13.8. The van der Waals surface area contributed by atoms with E-state index in [-0.39, 0.29) is 29.5 Å². The van der Waals surface area contributed by atoms with Gasteiger partial charge in [0.15, 0.2) is 9.90 Å². The number of pyridine rings is 2. The van der Waals surface area contributed by atoms with Crippen LogP contribution in [0.2, 0.25) is 0 Å². The highest BCUT2D eigenvalue weighted by Crippen LogP contribution is 2.34. The van der Waals surface area contributed by atoms with Crippen molar-refractivity contribution in [2.24, 2.45) is 5.73 Å². The van der Waals surface area contributed by atoms with Crippen LogP contribution in [0.3, 0.4) is 0 Å². The first-order chi connectivity index (χ1) is 18.4. The first-order valence-electron chi connectivity index (χ1n) is 12.1. The van der Waals surface area contributed by atoms with Crippen molar-refractivity contribution in [2.75, 3.05) is 29.9 Å². The number of nitrogens with two attached hydrogens (primary N) is 1. The van der Waals surface area contributed by atoms with Gasteiger partial charge in [-0.25, -0.2) is 18.4 Å². The summed E-state index contributed by atoms with van der Waals surface area (Å²) in [5, 5.41) is 11.3. The third-order valence-electron chi connectivity index (χ3n) is 5.92. The molecule has 0 saturated heterocycles. The number of hydrogen-bond donors (Lipinski definition) is 3. The van der Waals surface area contributed by atoms with Crippen LogP contribution in [0.4, 0.5) is 24.7 Å². The lowest BCUT2D eigenvalue weighted by molar-refractivity contribution is -0.135. The number of halogens is 3. The topological polar surface area (TPSA) is 139 Å². The van der Waals surface area contributed by atoms with E-state index in [2.05, 4.69) is 15.3 Å². The molecule has 0 amide bonds. The van der Waals surface area contributed by atoms with Gasteiger partial charge in [0.1, 0.15) is 18.9 Å². The number of sulfone groups is 1. The molecule has 1 atom stereocenters. The molecule has 1 unspecified atom stereocenters. The number of hydrogen-bond acceptors (Lipinski definition) is 8. The fourth-order valence-electron chi connectivity index (χ4n) is 3.94. The number of aliphatic carboxylic acids is 1. The molecule has 0 saturated carbocycles. The molecular formula is C26H30F3N5O4S. The molecule has 0 spiro atoms. The van der Waals surface area contributed by atoms with E-state index in [1.807, 2.05) is 6.92 Å². The van der Waals surface area contributed by atoms with Crippen molar-refractivity contribution in [1.29, 1.82) is 0 Å². The number of carboxylic acid groups (broad SMARTS) is 1. The van der Waals surface area contributed by atoms with Crippen LogP contribution in [0.15, 0.2) is 71.9 Å². The molecule has 0 fully saturated rings. The predicted molar refractivity (Wildman–Crippen MR) is 141 cm³/mol. The maximum atomic E-state index is 13.8. The van der Waals surface area contributed by atoms with Gasteiger partial charge >= 0.3 is 12.1 Å². The van der Waals surface area contributed by atoms with Crippen molar-refractivity contribution in [3.8, 4) is 0 Å². The van der Waals surface area contributed by atoms with Gasteiger partial charge in [0.25, 0.3) is 0 Å². The Kier molecular flexibility index (Phi) is 9.51. The lowest BCUT2D eigenvalue weighted by Gasteiger charge is -2.29. The smallest absolute Gasteiger partial charge is 0.405 e. The molecule has 0 aliphatic carbocycles. The van der Waals surface area contributed by atoms with Crippen molar-refractivity contribution >= 4 is 27.3 Å². The summed E-state index contributed by atoms with van der Waals surface area (Å²) in [5.74, 6) is -1.03. The SMILES string of the molecule is CCCCN(CC(F)(F)F)c1ccc(CC(N)(c2cccc(NCC(=O)O)n2)S(=O)(=O)c2ccccn2)cc1. The number of nitrogens with zero attached hydrogens (tertiary/aromatic N) is 3. The Labute approximate surface area is 224 Å². The first-order valence-corrected chi connectivity index (χ1v) is 13.6. The monoisotopic (exact) mass is 565 g/mol. The minimum Gasteiger partial charge on any atom is -0.480 e. The highest BCUT2D eigenvalue weighted by molar-refractivity contribution is 7.92. The molecule has 0 aliphatic heterocycles. The van der Waals surface area contributed by atoms with Crippen LogP contribution in [0, 0.1) is 0 Å². The van der Waals surface area contributed by atoms with Crippen molar-refractivity contribution in [3.05, 3.63) is 78.1 Å². The van der Waals surface area contributed by atoms with Gasteiger partial charge in [-0.2, -0.15) is 13.2 Å². The van der Waals surface area contributed by atoms with Gasteiger partial charge in [-0.05, 0) is 48.4 Å². The molecule has 210 valence electrons. The summed E-state index contributed by atoms with van der Waals surface area (Å²) < 4.78 is 67.1. The van der Waals surface area contributed by atoms with Crippen LogP contribution in [0.25, 0.3) is 0 Å². The predicted octanol–water partition coefficient (Wildman–Crippen LogP) is 3.97. The summed E-state index contributed by atoms with van der Waals surface area (Å²) >= 11 is 0. The van der Waals surface area contributed by atoms with Crippen molar-refractivity contribution in [2.45, 2.75) is 42.3 Å². The molecule has 0 radical (unpaired) electrons. The fraction of sp³-hybridized carbons (Fsp3) is 0.346. The zero-order valence-corrected chi connectivity index (χ0v) is 22.0. The summed E-state index contributed by atoms with van der Waals surface area (Å²) in [6, 6.07) is 14.8. The van der Waals surface area contributed by atoms with Crippen LogP contribution < -0.4 is 16.0 Å². The molecule has 1 aromatic carbocycles. The Bertz CT molecular complexity index is 1360. The minimum absolute atomic E-state index is 0.0609. The second kappa shape index (κ2) is 12.4. The zero-order valence-electron chi connectivity index (χ0n) is 21.2. The number of benzene rings is 1. The van der Waals surface area contributed by atoms with Crippen LogP contribution in [-0.2, 0) is 25.9 Å². The third-order valence-corrected chi connectivity index (χ3v) is 8.02. The summed E-state index contributed by atoms with van der Waals surface area (Å²) in [6.07, 6.45) is -2.06. The Hall–Kier alpha value is -3.71. The normalized spacial score (nSPS) is 13.5. The molecule has 0 bridgehead atoms. The summed E-state index contributed by atoms with van der Waals surface area (Å²) in [6.45, 7) is 0.540. The number of anilines is 2. The van der Waals surface area contributed by atoms with E-state index in [1.54, 1.807) is 6.07 Å². The summed E-state index contributed by atoms with van der Waals surface area (Å²) in [4.78, 5) is 18.3. The lowest BCUT2D eigenvalue weighted by Crippen LogP contribution is -2.47. The number of rotatable bonds is 13.